The minimum Gasteiger partial charge on any atom is -0.475 e. The molecule has 2 atom stereocenters. The van der Waals surface area contributed by atoms with E-state index in [0.717, 1.165) is 35.3 Å². The lowest BCUT2D eigenvalue weighted by Crippen LogP contribution is -2.25. The van der Waals surface area contributed by atoms with Gasteiger partial charge in [-0.25, -0.2) is 22.8 Å². The number of aliphatic carboxylic acids is 3. The lowest BCUT2D eigenvalue weighted by molar-refractivity contribution is -0.193. The molecule has 1 saturated heterocycles. The number of carbonyl (C=O) groups is 3. The molecule has 1 aromatic carbocycles. The zero-order chi connectivity index (χ0) is 36.7. The fourth-order valence-corrected chi connectivity index (χ4v) is 6.52. The van der Waals surface area contributed by atoms with Gasteiger partial charge in [0.1, 0.15) is 0 Å². The number of hydrogen-bond donors (Lipinski definition) is 3. The third kappa shape index (κ3) is 10.9. The van der Waals surface area contributed by atoms with Gasteiger partial charge in [0.25, 0.3) is 0 Å². The highest BCUT2D eigenvalue weighted by Crippen LogP contribution is 2.46. The number of aromatic nitrogens is 2. The number of benzene rings is 1. The lowest BCUT2D eigenvalue weighted by Gasteiger charge is -2.17. The van der Waals surface area contributed by atoms with E-state index in [0.29, 0.717) is 11.4 Å². The molecule has 48 heavy (non-hydrogen) atoms. The van der Waals surface area contributed by atoms with Crippen molar-refractivity contribution < 1.29 is 77.6 Å². The molecule has 2 aliphatic rings. The van der Waals surface area contributed by atoms with Crippen LogP contribution in [-0.2, 0) is 30.8 Å². The van der Waals surface area contributed by atoms with Gasteiger partial charge in [-0.1, -0.05) is 12.1 Å². The summed E-state index contributed by atoms with van der Waals surface area (Å²) in [5.74, 6) is -8.24. The van der Waals surface area contributed by atoms with Gasteiger partial charge in [-0.05, 0) is 52.6 Å². The predicted octanol–water partition coefficient (Wildman–Crippen LogP) is 4.80. The van der Waals surface area contributed by atoms with Gasteiger partial charge in [-0.3, -0.25) is 14.9 Å². The Morgan fingerprint density at radius 1 is 0.729 bits per heavy atom. The van der Waals surface area contributed by atoms with E-state index in [4.69, 9.17) is 29.7 Å². The smallest absolute Gasteiger partial charge is 0.475 e. The number of fused-ring (bicyclic) bond motifs is 3. The van der Waals surface area contributed by atoms with Gasteiger partial charge in [0, 0.05) is 50.3 Å². The summed E-state index contributed by atoms with van der Waals surface area (Å²) in [5, 5.41) is 21.0. The molecule has 3 N–H and O–H groups in total. The summed E-state index contributed by atoms with van der Waals surface area (Å²) < 4.78 is 121. The maximum absolute atomic E-state index is 13.1. The van der Waals surface area contributed by atoms with E-state index in [-0.39, 0.29) is 11.2 Å². The van der Waals surface area contributed by atoms with Crippen LogP contribution < -0.4 is 0 Å². The van der Waals surface area contributed by atoms with E-state index >= 15 is 0 Å². The second-order valence-electron chi connectivity index (χ2n) is 9.64. The van der Waals surface area contributed by atoms with Crippen LogP contribution in [0, 0.1) is 0 Å². The van der Waals surface area contributed by atoms with Crippen molar-refractivity contribution in [3.63, 3.8) is 0 Å². The average molecular weight is 720 g/mol. The third-order valence-corrected chi connectivity index (χ3v) is 8.59. The average Bonchev–Trinajstić information content (AvgIpc) is 3.49. The SMILES string of the molecule is O=C(O)C(F)(F)F.O=C(O)C(F)(F)F.O=C(O)C(F)(F)F.O=S1(=O)c2ccc(-c3ccncc3)cc2C2CN(Cc3cccnc3)CC21. The Hall–Kier alpha value is -4.79. The highest BCUT2D eigenvalue weighted by atomic mass is 32.2. The first kappa shape index (κ1) is 39.4. The Morgan fingerprint density at radius 2 is 1.23 bits per heavy atom. The summed E-state index contributed by atoms with van der Waals surface area (Å²) in [7, 11) is -3.28. The summed E-state index contributed by atoms with van der Waals surface area (Å²) in [6.07, 6.45) is -8.14. The van der Waals surface area contributed by atoms with Crippen LogP contribution in [0.4, 0.5) is 39.5 Å². The first-order valence-electron chi connectivity index (χ1n) is 12.8. The molecule has 21 heteroatoms. The van der Waals surface area contributed by atoms with Crippen LogP contribution in [0.2, 0.25) is 0 Å². The van der Waals surface area contributed by atoms with Crippen molar-refractivity contribution in [2.75, 3.05) is 13.1 Å². The molecule has 1 fully saturated rings. The predicted molar refractivity (Wildman–Crippen MR) is 144 cm³/mol. The molecule has 0 bridgehead atoms. The number of hydrogen-bond acceptors (Lipinski definition) is 8. The molecule has 4 heterocycles. The summed E-state index contributed by atoms with van der Waals surface area (Å²) >= 11 is 0. The van der Waals surface area contributed by atoms with E-state index in [1.54, 1.807) is 24.7 Å². The zero-order valence-electron chi connectivity index (χ0n) is 23.7. The van der Waals surface area contributed by atoms with Gasteiger partial charge in [-0.15, -0.1) is 0 Å². The van der Waals surface area contributed by atoms with E-state index in [1.165, 1.54) is 0 Å². The molecule has 2 aromatic heterocycles. The Bertz CT molecular complexity index is 1630. The summed E-state index contributed by atoms with van der Waals surface area (Å²) in [6.45, 7) is 2.06. The van der Waals surface area contributed by atoms with Crippen molar-refractivity contribution in [3.8, 4) is 11.1 Å². The van der Waals surface area contributed by atoms with Crippen molar-refractivity contribution in [1.29, 1.82) is 0 Å². The van der Waals surface area contributed by atoms with Gasteiger partial charge >= 0.3 is 36.4 Å². The topological polar surface area (TPSA) is 175 Å². The quantitative estimate of drug-likeness (QED) is 0.317. The van der Waals surface area contributed by atoms with Crippen molar-refractivity contribution in [2.45, 2.75) is 41.1 Å². The minimum atomic E-state index is -5.08. The van der Waals surface area contributed by atoms with E-state index in [1.807, 2.05) is 36.5 Å². The van der Waals surface area contributed by atoms with Crippen molar-refractivity contribution in [2.24, 2.45) is 0 Å². The van der Waals surface area contributed by atoms with Gasteiger partial charge in [0.2, 0.25) is 0 Å². The summed E-state index contributed by atoms with van der Waals surface area (Å²) in [6, 6.07) is 13.6. The van der Waals surface area contributed by atoms with Gasteiger partial charge < -0.3 is 15.3 Å². The number of nitrogens with zero attached hydrogens (tertiary/aromatic N) is 3. The molecule has 5 rings (SSSR count). The van der Waals surface area contributed by atoms with Gasteiger partial charge in [-0.2, -0.15) is 39.5 Å². The van der Waals surface area contributed by atoms with Gasteiger partial charge in [0.15, 0.2) is 9.84 Å². The largest absolute Gasteiger partial charge is 0.490 e. The third-order valence-electron chi connectivity index (χ3n) is 6.33. The molecule has 0 amide bonds. The standard InChI is InChI=1S/C21H19N3O2S.3C2HF3O2/c25-27(26)20-4-3-17(16-5-8-22-9-6-16)10-18(20)19-13-24(14-21(19)27)12-15-2-1-7-23-11-15;3*3-2(4,5)1(6)7/h1-11,19,21H,12-14H2;3*(H,6,7). The number of pyridine rings is 2. The van der Waals surface area contributed by atoms with Crippen LogP contribution in [0.1, 0.15) is 17.0 Å². The Morgan fingerprint density at radius 3 is 1.67 bits per heavy atom. The normalized spacial score (nSPS) is 17.9. The molecular formula is C27H22F9N3O8S. The van der Waals surface area contributed by atoms with Gasteiger partial charge in [0.05, 0.1) is 10.1 Å². The van der Waals surface area contributed by atoms with Crippen LogP contribution in [0.15, 0.2) is 72.1 Å². The number of halogens is 9. The van der Waals surface area contributed by atoms with Crippen LogP contribution in [0.5, 0.6) is 0 Å². The number of carboxylic acids is 3. The van der Waals surface area contributed by atoms with Crippen LogP contribution >= 0.6 is 0 Å². The molecule has 0 radical (unpaired) electrons. The molecule has 0 saturated carbocycles. The van der Waals surface area contributed by atoms with E-state index in [9.17, 15) is 47.9 Å². The number of sulfone groups is 1. The summed E-state index contributed by atoms with van der Waals surface area (Å²) in [4.78, 5) is 37.6. The maximum Gasteiger partial charge on any atom is 0.490 e. The second kappa shape index (κ2) is 15.4. The fraction of sp³-hybridized carbons (Fsp3) is 0.296. The molecule has 2 unspecified atom stereocenters. The molecule has 0 spiro atoms. The molecular weight excluding hydrogens is 697 g/mol. The number of rotatable bonds is 3. The number of likely N-dealkylation sites (tertiary alicyclic amines) is 1. The molecule has 0 aliphatic carbocycles. The monoisotopic (exact) mass is 719 g/mol. The first-order valence-corrected chi connectivity index (χ1v) is 14.3. The second-order valence-corrected chi connectivity index (χ2v) is 11.8. The van der Waals surface area contributed by atoms with Crippen molar-refractivity contribution in [1.82, 2.24) is 14.9 Å². The van der Waals surface area contributed by atoms with Crippen molar-refractivity contribution >= 4 is 27.7 Å². The van der Waals surface area contributed by atoms with Crippen LogP contribution in [-0.4, -0.2) is 93.4 Å². The summed E-state index contributed by atoms with van der Waals surface area (Å²) in [5.41, 5.74) is 4.17. The molecule has 11 nitrogen and oxygen atoms in total. The van der Waals surface area contributed by atoms with E-state index < -0.39 is 46.3 Å². The molecule has 3 aromatic rings. The zero-order valence-corrected chi connectivity index (χ0v) is 24.5. The van der Waals surface area contributed by atoms with Crippen LogP contribution in [0.25, 0.3) is 11.1 Å². The Labute approximate surface area is 264 Å². The van der Waals surface area contributed by atoms with Crippen LogP contribution in [0.3, 0.4) is 0 Å². The Balaban J connectivity index is 0.000000313. The highest BCUT2D eigenvalue weighted by molar-refractivity contribution is 7.92. The van der Waals surface area contributed by atoms with E-state index in [2.05, 4.69) is 20.9 Å². The number of alkyl halides is 9. The fourth-order valence-electron chi connectivity index (χ4n) is 4.33. The Kier molecular flexibility index (Phi) is 12.6. The van der Waals surface area contributed by atoms with Crippen molar-refractivity contribution in [3.05, 3.63) is 78.4 Å². The maximum atomic E-state index is 13.1. The first-order chi connectivity index (χ1) is 22.0. The molecule has 262 valence electrons. The number of carboxylic acid groups (broad SMARTS) is 3. The minimum absolute atomic E-state index is 0.0310. The lowest BCUT2D eigenvalue weighted by atomic mass is 9.95. The molecule has 2 aliphatic heterocycles. The highest BCUT2D eigenvalue weighted by Gasteiger charge is 2.50.